The van der Waals surface area contributed by atoms with Crippen molar-refractivity contribution in [2.24, 2.45) is 0 Å². The van der Waals surface area contributed by atoms with Gasteiger partial charge in [0.1, 0.15) is 11.5 Å². The molecule has 1 amide bonds. The average molecular weight is 375 g/mol. The summed E-state index contributed by atoms with van der Waals surface area (Å²) in [6.07, 6.45) is 5.62. The number of benzene rings is 1. The van der Waals surface area contributed by atoms with Crippen LogP contribution in [0.4, 0.5) is 0 Å². The molecule has 2 aromatic rings. The van der Waals surface area contributed by atoms with Crippen LogP contribution in [0, 0.1) is 13.8 Å². The molecular weight excluding hydrogens is 348 g/mol. The van der Waals surface area contributed by atoms with Crippen molar-refractivity contribution in [3.63, 3.8) is 0 Å². The van der Waals surface area contributed by atoms with Gasteiger partial charge in [-0.25, -0.2) is 4.98 Å². The highest BCUT2D eigenvalue weighted by Gasteiger charge is 2.19. The molecule has 0 radical (unpaired) electrons. The summed E-state index contributed by atoms with van der Waals surface area (Å²) in [7, 11) is -1.30. The minimum atomic E-state index is -1.30. The number of nitrogens with zero attached hydrogens (tertiary/aromatic N) is 1. The van der Waals surface area contributed by atoms with Gasteiger partial charge in [-0.3, -0.25) is 9.00 Å². The lowest BCUT2D eigenvalue weighted by molar-refractivity contribution is -0.119. The molecule has 1 fully saturated rings. The fourth-order valence-corrected chi connectivity index (χ4v) is 4.41. The Hall–Kier alpha value is -1.95. The maximum Gasteiger partial charge on any atom is 0.232 e. The van der Waals surface area contributed by atoms with E-state index < -0.39 is 10.8 Å². The van der Waals surface area contributed by atoms with E-state index in [2.05, 4.69) is 10.3 Å². The summed E-state index contributed by atoms with van der Waals surface area (Å²) in [5.41, 5.74) is 2.67. The summed E-state index contributed by atoms with van der Waals surface area (Å²) in [6.45, 7) is 3.83. The van der Waals surface area contributed by atoms with E-state index >= 15 is 0 Å². The molecule has 0 aliphatic heterocycles. The summed E-state index contributed by atoms with van der Waals surface area (Å²) in [5, 5.41) is 3.01. The minimum absolute atomic E-state index is 0.0164. The van der Waals surface area contributed by atoms with Crippen LogP contribution in [0.5, 0.6) is 0 Å². The smallest absolute Gasteiger partial charge is 0.232 e. The molecule has 1 aromatic carbocycles. The molecule has 140 valence electrons. The molecule has 1 aromatic heterocycles. The molecule has 1 N–H and O–H groups in total. The summed E-state index contributed by atoms with van der Waals surface area (Å²) < 4.78 is 18.2. The number of amides is 1. The molecule has 1 aliphatic rings. The second-order valence-corrected chi connectivity index (χ2v) is 8.42. The summed E-state index contributed by atoms with van der Waals surface area (Å²) in [4.78, 5) is 16.6. The Kier molecular flexibility index (Phi) is 6.25. The number of oxazole rings is 1. The fourth-order valence-electron chi connectivity index (χ4n) is 3.36. The first-order valence-corrected chi connectivity index (χ1v) is 10.7. The third-order valence-electron chi connectivity index (χ3n) is 4.83. The number of carbonyl (C=O) groups is 1. The zero-order valence-corrected chi connectivity index (χ0v) is 16.2. The summed E-state index contributed by atoms with van der Waals surface area (Å²) >= 11 is 0. The van der Waals surface area contributed by atoms with E-state index in [0.29, 0.717) is 17.3 Å². The molecular formula is C20H26N2O3S. The van der Waals surface area contributed by atoms with Crippen molar-refractivity contribution < 1.29 is 13.4 Å². The van der Waals surface area contributed by atoms with Gasteiger partial charge in [-0.05, 0) is 38.3 Å². The number of nitrogens with one attached hydrogen (secondary N) is 1. The van der Waals surface area contributed by atoms with E-state index in [1.165, 1.54) is 6.42 Å². The van der Waals surface area contributed by atoms with E-state index in [0.717, 1.165) is 36.8 Å². The van der Waals surface area contributed by atoms with Gasteiger partial charge < -0.3 is 9.73 Å². The van der Waals surface area contributed by atoms with Crippen LogP contribution in [0.2, 0.25) is 0 Å². The number of aryl methyl sites for hydroxylation is 2. The number of hydrogen-bond acceptors (Lipinski definition) is 4. The first-order chi connectivity index (χ1) is 12.5. The monoisotopic (exact) mass is 374 g/mol. The highest BCUT2D eigenvalue weighted by Crippen LogP contribution is 2.25. The number of hydrogen-bond donors (Lipinski definition) is 1. The van der Waals surface area contributed by atoms with Gasteiger partial charge in [-0.1, -0.05) is 37.5 Å². The van der Waals surface area contributed by atoms with E-state index in [4.69, 9.17) is 4.42 Å². The van der Waals surface area contributed by atoms with Crippen LogP contribution in [0.15, 0.2) is 28.7 Å². The Bertz CT molecular complexity index is 794. The van der Waals surface area contributed by atoms with Crippen molar-refractivity contribution >= 4 is 16.7 Å². The normalized spacial score (nSPS) is 16.4. The zero-order valence-electron chi connectivity index (χ0n) is 15.4. The van der Waals surface area contributed by atoms with Crippen LogP contribution < -0.4 is 5.32 Å². The van der Waals surface area contributed by atoms with Crippen molar-refractivity contribution in [2.75, 3.05) is 5.75 Å². The van der Waals surface area contributed by atoms with Gasteiger partial charge in [-0.15, -0.1) is 0 Å². The van der Waals surface area contributed by atoms with E-state index in [9.17, 15) is 9.00 Å². The molecule has 0 unspecified atom stereocenters. The highest BCUT2D eigenvalue weighted by molar-refractivity contribution is 7.84. The van der Waals surface area contributed by atoms with Gasteiger partial charge >= 0.3 is 0 Å². The fraction of sp³-hybridized carbons (Fsp3) is 0.500. The van der Waals surface area contributed by atoms with Gasteiger partial charge in [0.25, 0.3) is 0 Å². The molecule has 1 heterocycles. The molecule has 0 saturated heterocycles. The van der Waals surface area contributed by atoms with Crippen molar-refractivity contribution in [1.29, 1.82) is 0 Å². The Balaban J connectivity index is 1.59. The molecule has 6 heteroatoms. The standard InChI is InChI=1S/C20H26N2O3S/c1-14-8-6-7-11-17(14)20-22-18(15(2)25-20)12-26(24)13-19(23)21-16-9-4-3-5-10-16/h6-8,11,16H,3-5,9-10,12-13H2,1-2H3,(H,21,23)/t26-/m0/s1. The SMILES string of the molecule is Cc1ccccc1-c1nc(C[S@](=O)CC(=O)NC2CCCCC2)c(C)o1. The Labute approximate surface area is 157 Å². The quantitative estimate of drug-likeness (QED) is 0.838. The molecule has 0 bridgehead atoms. The number of aromatic nitrogens is 1. The maximum absolute atomic E-state index is 12.4. The highest BCUT2D eigenvalue weighted by atomic mass is 32.2. The molecule has 5 nitrogen and oxygen atoms in total. The van der Waals surface area contributed by atoms with Crippen LogP contribution >= 0.6 is 0 Å². The predicted octanol–water partition coefficient (Wildman–Crippen LogP) is 3.66. The summed E-state index contributed by atoms with van der Waals surface area (Å²) in [5.74, 6) is 1.32. The Morgan fingerprint density at radius 2 is 1.96 bits per heavy atom. The van der Waals surface area contributed by atoms with Gasteiger partial charge in [0, 0.05) is 22.4 Å². The lowest BCUT2D eigenvalue weighted by Gasteiger charge is -2.22. The van der Waals surface area contributed by atoms with Gasteiger partial charge in [0.15, 0.2) is 0 Å². The van der Waals surface area contributed by atoms with Crippen molar-refractivity contribution in [1.82, 2.24) is 10.3 Å². The molecule has 0 spiro atoms. The molecule has 1 saturated carbocycles. The third kappa shape index (κ3) is 4.81. The van der Waals surface area contributed by atoms with Crippen LogP contribution in [0.3, 0.4) is 0 Å². The van der Waals surface area contributed by atoms with Gasteiger partial charge in [-0.2, -0.15) is 0 Å². The molecule has 1 aliphatic carbocycles. The second kappa shape index (κ2) is 8.62. The van der Waals surface area contributed by atoms with E-state index in [1.54, 1.807) is 0 Å². The zero-order chi connectivity index (χ0) is 18.5. The van der Waals surface area contributed by atoms with Gasteiger partial charge in [0.2, 0.25) is 11.8 Å². The second-order valence-electron chi connectivity index (χ2n) is 6.97. The topological polar surface area (TPSA) is 72.2 Å². The lowest BCUT2D eigenvalue weighted by atomic mass is 9.95. The first kappa shape index (κ1) is 18.8. The first-order valence-electron chi connectivity index (χ1n) is 9.19. The van der Waals surface area contributed by atoms with Crippen LogP contribution in [-0.4, -0.2) is 26.9 Å². The van der Waals surface area contributed by atoms with Gasteiger partial charge in [0.05, 0.1) is 11.4 Å². The summed E-state index contributed by atoms with van der Waals surface area (Å²) in [6, 6.07) is 8.11. The number of carbonyl (C=O) groups excluding carboxylic acids is 1. The van der Waals surface area contributed by atoms with E-state index in [1.807, 2.05) is 38.1 Å². The Morgan fingerprint density at radius 1 is 1.23 bits per heavy atom. The predicted molar refractivity (Wildman–Crippen MR) is 103 cm³/mol. The Morgan fingerprint density at radius 3 is 2.69 bits per heavy atom. The molecule has 26 heavy (non-hydrogen) atoms. The largest absolute Gasteiger partial charge is 0.441 e. The third-order valence-corrected chi connectivity index (χ3v) is 6.01. The van der Waals surface area contributed by atoms with Crippen LogP contribution in [0.25, 0.3) is 11.5 Å². The maximum atomic E-state index is 12.4. The average Bonchev–Trinajstić information content (AvgIpc) is 2.96. The van der Waals surface area contributed by atoms with E-state index in [-0.39, 0.29) is 23.5 Å². The molecule has 1 atom stereocenters. The van der Waals surface area contributed by atoms with Crippen molar-refractivity contribution in [2.45, 2.75) is 57.7 Å². The van der Waals surface area contributed by atoms with Crippen molar-refractivity contribution in [3.8, 4) is 11.5 Å². The number of rotatable bonds is 6. The lowest BCUT2D eigenvalue weighted by Crippen LogP contribution is -2.38. The van der Waals surface area contributed by atoms with Crippen molar-refractivity contribution in [3.05, 3.63) is 41.3 Å². The molecule has 3 rings (SSSR count). The minimum Gasteiger partial charge on any atom is -0.441 e. The van der Waals surface area contributed by atoms with Crippen LogP contribution in [0.1, 0.15) is 49.1 Å². The van der Waals surface area contributed by atoms with Crippen LogP contribution in [-0.2, 0) is 21.3 Å².